The number of carbonyl (C=O) groups is 1. The van der Waals surface area contributed by atoms with Gasteiger partial charge in [0.2, 0.25) is 0 Å². The molecule has 312 valence electrons. The van der Waals surface area contributed by atoms with Gasteiger partial charge in [0.1, 0.15) is 6.29 Å². The third kappa shape index (κ3) is 25.1. The molecule has 0 fully saturated rings. The minimum absolute atomic E-state index is 0.625. The molecule has 0 spiro atoms. The molecule has 0 aliphatic carbocycles. The lowest BCUT2D eigenvalue weighted by Crippen LogP contribution is -2.27. The first-order chi connectivity index (χ1) is 28.0. The summed E-state index contributed by atoms with van der Waals surface area (Å²) in [6.45, 7) is 22.0. The van der Waals surface area contributed by atoms with Gasteiger partial charge < -0.3 is 26.2 Å². The Morgan fingerprint density at radius 2 is 0.912 bits per heavy atom. The molecular formula is C50H76N6O. The van der Waals surface area contributed by atoms with Crippen molar-refractivity contribution in [3.05, 3.63) is 143 Å². The minimum atomic E-state index is 0.625. The van der Waals surface area contributed by atoms with Crippen molar-refractivity contribution < 1.29 is 4.79 Å². The van der Waals surface area contributed by atoms with Crippen LogP contribution in [-0.2, 0) is 26.2 Å². The first-order valence-corrected chi connectivity index (χ1v) is 21.8. The Balaban J connectivity index is 0.000000338. The van der Waals surface area contributed by atoms with Crippen LogP contribution in [0.4, 0.5) is 0 Å². The number of aliphatic imine (C=N–C) groups is 1. The second kappa shape index (κ2) is 34.1. The number of nitrogens with zero attached hydrogens (tertiary/aromatic N) is 3. The normalized spacial score (nSPS) is 11.0. The van der Waals surface area contributed by atoms with Crippen molar-refractivity contribution in [2.75, 3.05) is 52.4 Å². The molecule has 0 unspecified atom stereocenters. The topological polar surface area (TPSA) is 86.0 Å². The third-order valence-corrected chi connectivity index (χ3v) is 9.50. The molecule has 57 heavy (non-hydrogen) atoms. The fraction of sp³-hybridized carbons (Fsp3) is 0.480. The predicted octanol–water partition coefficient (Wildman–Crippen LogP) is 9.93. The number of rotatable bonds is 27. The maximum Gasteiger partial charge on any atom is 0.150 e. The standard InChI is InChI=1S/C25H37N3.C18H33N3.C7H6O/c1-3-17-28(18-4-2)19-9-8-16-26-20-24-12-14-25(15-13-24)22-27-21-23-10-6-5-7-11-23;1-3-12-21(13-4-2)14-6-5-11-20-16-18-9-7-17(15-19)8-10-18;8-6-7-4-2-1-3-5-7/h5-7,10-15,21,26H,3-4,8-9,16-20,22H2,1-2H3;7-10,20H,3-6,11-16,19H2,1-2H3;1-6H. The molecule has 0 amide bonds. The van der Waals surface area contributed by atoms with E-state index in [0.717, 1.165) is 50.1 Å². The third-order valence-electron chi connectivity index (χ3n) is 9.50. The summed E-state index contributed by atoms with van der Waals surface area (Å²) in [7, 11) is 0. The summed E-state index contributed by atoms with van der Waals surface area (Å²) < 4.78 is 0. The van der Waals surface area contributed by atoms with Crippen LogP contribution in [0.1, 0.15) is 117 Å². The zero-order chi connectivity index (χ0) is 41.0. The van der Waals surface area contributed by atoms with Crippen molar-refractivity contribution in [2.24, 2.45) is 10.7 Å². The fourth-order valence-electron chi connectivity index (χ4n) is 6.45. The van der Waals surface area contributed by atoms with Gasteiger partial charge in [0.25, 0.3) is 0 Å². The van der Waals surface area contributed by atoms with Crippen LogP contribution in [0.15, 0.2) is 114 Å². The van der Waals surface area contributed by atoms with Gasteiger partial charge >= 0.3 is 0 Å². The molecule has 4 aromatic carbocycles. The SMILES string of the molecule is CCCN(CCC)CCCCNCc1ccc(CN)cc1.CCCN(CCC)CCCCNCc1ccc(CN=Cc2ccccc2)cc1.O=Cc1ccccc1. The lowest BCUT2D eigenvalue weighted by Gasteiger charge is -2.20. The van der Waals surface area contributed by atoms with E-state index in [2.05, 4.69) is 114 Å². The van der Waals surface area contributed by atoms with E-state index >= 15 is 0 Å². The van der Waals surface area contributed by atoms with E-state index in [4.69, 9.17) is 5.73 Å². The van der Waals surface area contributed by atoms with E-state index < -0.39 is 0 Å². The molecule has 4 aromatic rings. The van der Waals surface area contributed by atoms with Crippen molar-refractivity contribution in [1.29, 1.82) is 0 Å². The zero-order valence-electron chi connectivity index (χ0n) is 36.0. The maximum atomic E-state index is 10.0. The average molecular weight is 777 g/mol. The number of unbranched alkanes of at least 4 members (excludes halogenated alkanes) is 2. The van der Waals surface area contributed by atoms with Gasteiger partial charge in [-0.3, -0.25) is 9.79 Å². The lowest BCUT2D eigenvalue weighted by molar-refractivity contribution is 0.112. The molecule has 7 nitrogen and oxygen atoms in total. The number of nitrogens with one attached hydrogen (secondary N) is 2. The number of benzene rings is 4. The molecular weight excluding hydrogens is 701 g/mol. The highest BCUT2D eigenvalue weighted by Crippen LogP contribution is 2.07. The zero-order valence-corrected chi connectivity index (χ0v) is 36.0. The highest BCUT2D eigenvalue weighted by Gasteiger charge is 2.03. The first kappa shape index (κ1) is 49.2. The summed E-state index contributed by atoms with van der Waals surface area (Å²) in [5, 5.41) is 7.10. The first-order valence-electron chi connectivity index (χ1n) is 21.8. The van der Waals surface area contributed by atoms with Gasteiger partial charge in [-0.1, -0.05) is 137 Å². The highest BCUT2D eigenvalue weighted by atomic mass is 16.1. The van der Waals surface area contributed by atoms with Crippen LogP contribution in [0.2, 0.25) is 0 Å². The average Bonchev–Trinajstić information content (AvgIpc) is 3.25. The van der Waals surface area contributed by atoms with E-state index in [1.807, 2.05) is 42.6 Å². The summed E-state index contributed by atoms with van der Waals surface area (Å²) in [4.78, 5) is 19.7. The van der Waals surface area contributed by atoms with Crippen LogP contribution in [-0.4, -0.2) is 74.7 Å². The lowest BCUT2D eigenvalue weighted by atomic mass is 10.1. The van der Waals surface area contributed by atoms with Gasteiger partial charge in [0.05, 0.1) is 6.54 Å². The number of nitrogens with two attached hydrogens (primary N) is 1. The van der Waals surface area contributed by atoms with Crippen LogP contribution in [0.25, 0.3) is 0 Å². The largest absolute Gasteiger partial charge is 0.326 e. The summed E-state index contributed by atoms with van der Waals surface area (Å²) in [5.74, 6) is 0. The van der Waals surface area contributed by atoms with Crippen LogP contribution >= 0.6 is 0 Å². The predicted molar refractivity (Wildman–Crippen MR) is 246 cm³/mol. The fourth-order valence-corrected chi connectivity index (χ4v) is 6.45. The number of aldehydes is 1. The van der Waals surface area contributed by atoms with Crippen molar-refractivity contribution in [3.63, 3.8) is 0 Å². The van der Waals surface area contributed by atoms with Gasteiger partial charge in [-0.05, 0) is 132 Å². The molecule has 0 bridgehead atoms. The quantitative estimate of drug-likeness (QED) is 0.0318. The molecule has 0 saturated heterocycles. The van der Waals surface area contributed by atoms with E-state index in [-0.39, 0.29) is 0 Å². The smallest absolute Gasteiger partial charge is 0.150 e. The Labute approximate surface area is 347 Å². The molecule has 0 aromatic heterocycles. The molecule has 0 atom stereocenters. The number of carbonyl (C=O) groups excluding carboxylic acids is 1. The molecule has 0 aliphatic rings. The van der Waals surface area contributed by atoms with Gasteiger partial charge in [-0.25, -0.2) is 0 Å². The van der Waals surface area contributed by atoms with E-state index in [9.17, 15) is 4.79 Å². The summed E-state index contributed by atoms with van der Waals surface area (Å²) in [6.07, 6.45) is 12.9. The Hall–Kier alpha value is -3.98. The maximum absolute atomic E-state index is 10.0. The number of hydrogen-bond donors (Lipinski definition) is 3. The summed E-state index contributed by atoms with van der Waals surface area (Å²) in [5.41, 5.74) is 12.6. The molecule has 7 heteroatoms. The Bertz CT molecular complexity index is 1500. The van der Waals surface area contributed by atoms with Crippen molar-refractivity contribution in [1.82, 2.24) is 20.4 Å². The van der Waals surface area contributed by atoms with Crippen LogP contribution in [0.5, 0.6) is 0 Å². The van der Waals surface area contributed by atoms with Gasteiger partial charge in [-0.2, -0.15) is 0 Å². The van der Waals surface area contributed by atoms with Crippen molar-refractivity contribution in [3.8, 4) is 0 Å². The second-order valence-electron chi connectivity index (χ2n) is 14.7. The summed E-state index contributed by atoms with van der Waals surface area (Å²) in [6, 6.07) is 36.7. The van der Waals surface area contributed by atoms with Crippen LogP contribution in [0.3, 0.4) is 0 Å². The molecule has 4 rings (SSSR count). The van der Waals surface area contributed by atoms with E-state index in [1.165, 1.54) is 113 Å². The second-order valence-corrected chi connectivity index (χ2v) is 14.7. The van der Waals surface area contributed by atoms with Crippen LogP contribution in [0, 0.1) is 0 Å². The highest BCUT2D eigenvalue weighted by molar-refractivity contribution is 5.79. The molecule has 4 N–H and O–H groups in total. The van der Waals surface area contributed by atoms with Gasteiger partial charge in [-0.15, -0.1) is 0 Å². The Morgan fingerprint density at radius 1 is 0.509 bits per heavy atom. The van der Waals surface area contributed by atoms with E-state index in [1.54, 1.807) is 12.1 Å². The molecule has 0 aliphatic heterocycles. The van der Waals surface area contributed by atoms with Gasteiger partial charge in [0, 0.05) is 31.4 Å². The summed E-state index contributed by atoms with van der Waals surface area (Å²) >= 11 is 0. The number of hydrogen-bond acceptors (Lipinski definition) is 7. The van der Waals surface area contributed by atoms with Crippen LogP contribution < -0.4 is 16.4 Å². The van der Waals surface area contributed by atoms with Gasteiger partial charge in [0.15, 0.2) is 0 Å². The Morgan fingerprint density at radius 3 is 1.30 bits per heavy atom. The minimum Gasteiger partial charge on any atom is -0.326 e. The molecule has 0 radical (unpaired) electrons. The Kier molecular flexibility index (Phi) is 29.4. The molecule has 0 saturated carbocycles. The van der Waals surface area contributed by atoms with Crippen molar-refractivity contribution in [2.45, 2.75) is 105 Å². The molecule has 0 heterocycles. The van der Waals surface area contributed by atoms with Crippen molar-refractivity contribution >= 4 is 12.5 Å². The monoisotopic (exact) mass is 777 g/mol. The van der Waals surface area contributed by atoms with E-state index in [0.29, 0.717) is 6.54 Å².